The zero-order chi connectivity index (χ0) is 15.0. The zero-order valence-corrected chi connectivity index (χ0v) is 12.7. The van der Waals surface area contributed by atoms with E-state index in [0.29, 0.717) is 18.5 Å². The molecule has 0 aliphatic carbocycles. The maximum Gasteiger partial charge on any atom is 0.161 e. The Hall–Kier alpha value is -1.63. The number of halogens is 1. The van der Waals surface area contributed by atoms with Crippen LogP contribution in [0.1, 0.15) is 28.9 Å². The van der Waals surface area contributed by atoms with E-state index >= 15 is 0 Å². The van der Waals surface area contributed by atoms with Crippen molar-refractivity contribution in [3.63, 3.8) is 0 Å². The first-order valence-electron chi connectivity index (χ1n) is 6.61. The number of phenols is 2. The molecule has 1 aromatic heterocycles. The van der Waals surface area contributed by atoms with Crippen LogP contribution in [0.15, 0.2) is 35.1 Å². The van der Waals surface area contributed by atoms with Gasteiger partial charge < -0.3 is 20.7 Å². The molecule has 5 nitrogen and oxygen atoms in total. The van der Waals surface area contributed by atoms with Gasteiger partial charge in [0.15, 0.2) is 11.5 Å². The van der Waals surface area contributed by atoms with E-state index in [9.17, 15) is 10.2 Å². The van der Waals surface area contributed by atoms with Crippen molar-refractivity contribution in [2.24, 2.45) is 5.73 Å². The first-order chi connectivity index (χ1) is 10.1. The molecule has 0 amide bonds. The summed E-state index contributed by atoms with van der Waals surface area (Å²) >= 11 is 3.34. The van der Waals surface area contributed by atoms with Crippen LogP contribution in [-0.4, -0.2) is 21.7 Å². The Morgan fingerprint density at radius 2 is 2.14 bits per heavy atom. The molecule has 2 atom stereocenters. The molecule has 2 unspecified atom stereocenters. The number of rotatable bonds is 2. The van der Waals surface area contributed by atoms with E-state index in [1.165, 1.54) is 6.07 Å². The van der Waals surface area contributed by atoms with E-state index in [0.717, 1.165) is 15.7 Å². The van der Waals surface area contributed by atoms with Crippen LogP contribution in [-0.2, 0) is 11.2 Å². The SMILES string of the molecule is NCC1OC(c2ccnc(Br)c2)Cc2c1ccc(O)c2O. The van der Waals surface area contributed by atoms with Gasteiger partial charge in [-0.1, -0.05) is 6.07 Å². The summed E-state index contributed by atoms with van der Waals surface area (Å²) in [7, 11) is 0. The second-order valence-electron chi connectivity index (χ2n) is 4.97. The van der Waals surface area contributed by atoms with Crippen molar-refractivity contribution < 1.29 is 14.9 Å². The first-order valence-corrected chi connectivity index (χ1v) is 7.40. The Morgan fingerprint density at radius 3 is 2.86 bits per heavy atom. The zero-order valence-electron chi connectivity index (χ0n) is 11.2. The molecule has 1 aromatic carbocycles. The smallest absolute Gasteiger partial charge is 0.161 e. The molecule has 0 spiro atoms. The van der Waals surface area contributed by atoms with Gasteiger partial charge in [-0.2, -0.15) is 0 Å². The van der Waals surface area contributed by atoms with Crippen molar-refractivity contribution in [1.29, 1.82) is 0 Å². The molecule has 3 rings (SSSR count). The van der Waals surface area contributed by atoms with Crippen LogP contribution < -0.4 is 5.73 Å². The molecule has 2 aromatic rings. The lowest BCUT2D eigenvalue weighted by Gasteiger charge is -2.32. The summed E-state index contributed by atoms with van der Waals surface area (Å²) in [6, 6.07) is 6.96. The lowest BCUT2D eigenvalue weighted by atomic mass is 9.90. The van der Waals surface area contributed by atoms with Crippen LogP contribution in [0, 0.1) is 0 Å². The van der Waals surface area contributed by atoms with Crippen molar-refractivity contribution >= 4 is 15.9 Å². The Balaban J connectivity index is 2.03. The van der Waals surface area contributed by atoms with Gasteiger partial charge in [0.2, 0.25) is 0 Å². The number of phenolic OH excluding ortho intramolecular Hbond substituents is 2. The third kappa shape index (κ3) is 2.62. The quantitative estimate of drug-likeness (QED) is 0.572. The fourth-order valence-electron chi connectivity index (χ4n) is 2.66. The minimum Gasteiger partial charge on any atom is -0.504 e. The largest absolute Gasteiger partial charge is 0.504 e. The van der Waals surface area contributed by atoms with E-state index in [2.05, 4.69) is 20.9 Å². The highest BCUT2D eigenvalue weighted by Crippen LogP contribution is 2.43. The van der Waals surface area contributed by atoms with E-state index in [-0.39, 0.29) is 23.7 Å². The molecule has 21 heavy (non-hydrogen) atoms. The summed E-state index contributed by atoms with van der Waals surface area (Å²) in [6.07, 6.45) is 1.62. The number of fused-ring (bicyclic) bond motifs is 1. The van der Waals surface area contributed by atoms with E-state index < -0.39 is 0 Å². The Labute approximate surface area is 130 Å². The molecule has 0 saturated heterocycles. The fourth-order valence-corrected chi connectivity index (χ4v) is 3.04. The van der Waals surface area contributed by atoms with Crippen LogP contribution in [0.2, 0.25) is 0 Å². The summed E-state index contributed by atoms with van der Waals surface area (Å²) in [5.41, 5.74) is 8.25. The van der Waals surface area contributed by atoms with Gasteiger partial charge in [-0.3, -0.25) is 0 Å². The number of hydrogen-bond acceptors (Lipinski definition) is 5. The van der Waals surface area contributed by atoms with Gasteiger partial charge >= 0.3 is 0 Å². The lowest BCUT2D eigenvalue weighted by Crippen LogP contribution is -2.25. The van der Waals surface area contributed by atoms with Crippen LogP contribution in [0.4, 0.5) is 0 Å². The van der Waals surface area contributed by atoms with Gasteiger partial charge in [0.05, 0.1) is 12.2 Å². The molecule has 0 saturated carbocycles. The number of aromatic nitrogens is 1. The summed E-state index contributed by atoms with van der Waals surface area (Å²) in [4.78, 5) is 4.10. The Bertz CT molecular complexity index is 678. The second kappa shape index (κ2) is 5.63. The summed E-state index contributed by atoms with van der Waals surface area (Å²) < 4.78 is 6.75. The molecule has 6 heteroatoms. The maximum absolute atomic E-state index is 10.1. The molecule has 1 aliphatic rings. The van der Waals surface area contributed by atoms with Gasteiger partial charge in [-0.25, -0.2) is 4.98 Å². The van der Waals surface area contributed by atoms with Crippen molar-refractivity contribution in [1.82, 2.24) is 4.98 Å². The maximum atomic E-state index is 10.1. The highest BCUT2D eigenvalue weighted by Gasteiger charge is 2.30. The Kier molecular flexibility index (Phi) is 3.84. The number of pyridine rings is 1. The standard InChI is InChI=1S/C15H15BrN2O3/c16-14-5-8(3-4-18-14)12-6-10-9(13(7-17)21-12)1-2-11(19)15(10)20/h1-5,12-13,19-20H,6-7,17H2. The summed E-state index contributed by atoms with van der Waals surface area (Å²) in [5, 5.41) is 19.8. The topological polar surface area (TPSA) is 88.6 Å². The van der Waals surface area contributed by atoms with Gasteiger partial charge in [-0.15, -0.1) is 0 Å². The number of ether oxygens (including phenoxy) is 1. The highest BCUT2D eigenvalue weighted by atomic mass is 79.9. The number of nitrogens with zero attached hydrogens (tertiary/aromatic N) is 1. The average Bonchev–Trinajstić information content (AvgIpc) is 2.50. The monoisotopic (exact) mass is 350 g/mol. The Morgan fingerprint density at radius 1 is 1.33 bits per heavy atom. The number of hydrogen-bond donors (Lipinski definition) is 3. The van der Waals surface area contributed by atoms with Gasteiger partial charge in [0.1, 0.15) is 4.60 Å². The van der Waals surface area contributed by atoms with Crippen molar-refractivity contribution in [2.45, 2.75) is 18.6 Å². The molecular formula is C15H15BrN2O3. The number of nitrogens with two attached hydrogens (primary N) is 1. The second-order valence-corrected chi connectivity index (χ2v) is 5.78. The van der Waals surface area contributed by atoms with Crippen LogP contribution >= 0.6 is 15.9 Å². The molecule has 1 aliphatic heterocycles. The molecule has 0 bridgehead atoms. The molecule has 0 radical (unpaired) electrons. The predicted octanol–water partition coefficient (Wildman–Crippen LogP) is 2.57. The molecular weight excluding hydrogens is 336 g/mol. The van der Waals surface area contributed by atoms with E-state index in [1.54, 1.807) is 12.3 Å². The fraction of sp³-hybridized carbons (Fsp3) is 0.267. The normalized spacial score (nSPS) is 21.0. The van der Waals surface area contributed by atoms with Gasteiger partial charge in [0.25, 0.3) is 0 Å². The van der Waals surface area contributed by atoms with Crippen molar-refractivity contribution in [3.8, 4) is 11.5 Å². The number of aromatic hydroxyl groups is 2. The third-order valence-electron chi connectivity index (χ3n) is 3.70. The predicted molar refractivity (Wildman–Crippen MR) is 81.0 cm³/mol. The van der Waals surface area contributed by atoms with E-state index in [4.69, 9.17) is 10.5 Å². The van der Waals surface area contributed by atoms with Gasteiger partial charge in [-0.05, 0) is 45.3 Å². The minimum absolute atomic E-state index is 0.0904. The molecule has 4 N–H and O–H groups in total. The van der Waals surface area contributed by atoms with Crippen molar-refractivity contribution in [3.05, 3.63) is 51.8 Å². The lowest BCUT2D eigenvalue weighted by molar-refractivity contribution is -0.0231. The van der Waals surface area contributed by atoms with Crippen LogP contribution in [0.3, 0.4) is 0 Å². The average molecular weight is 351 g/mol. The van der Waals surface area contributed by atoms with E-state index in [1.807, 2.05) is 12.1 Å². The summed E-state index contributed by atoms with van der Waals surface area (Å²) in [6.45, 7) is 0.306. The minimum atomic E-state index is -0.308. The third-order valence-corrected chi connectivity index (χ3v) is 4.13. The van der Waals surface area contributed by atoms with Crippen LogP contribution in [0.5, 0.6) is 11.5 Å². The molecule has 2 heterocycles. The van der Waals surface area contributed by atoms with Crippen molar-refractivity contribution in [2.75, 3.05) is 6.54 Å². The molecule has 110 valence electrons. The first kappa shape index (κ1) is 14.3. The summed E-state index contributed by atoms with van der Waals surface area (Å²) in [5.74, 6) is -0.214. The highest BCUT2D eigenvalue weighted by molar-refractivity contribution is 9.10. The number of benzene rings is 1. The van der Waals surface area contributed by atoms with Gasteiger partial charge in [0, 0.05) is 24.7 Å². The molecule has 0 fully saturated rings. The van der Waals surface area contributed by atoms with Crippen LogP contribution in [0.25, 0.3) is 0 Å².